The summed E-state index contributed by atoms with van der Waals surface area (Å²) in [5.41, 5.74) is 2.67. The lowest BCUT2D eigenvalue weighted by Gasteiger charge is -1.93. The second kappa shape index (κ2) is 2.27. The maximum atomic E-state index is 4.33. The van der Waals surface area contributed by atoms with Gasteiger partial charge in [0, 0.05) is 7.05 Å². The summed E-state index contributed by atoms with van der Waals surface area (Å²) in [6.07, 6.45) is 0. The van der Waals surface area contributed by atoms with E-state index in [4.69, 9.17) is 0 Å². The van der Waals surface area contributed by atoms with Gasteiger partial charge in [-0.05, 0) is 19.9 Å². The van der Waals surface area contributed by atoms with Crippen molar-refractivity contribution in [3.05, 3.63) is 17.6 Å². The van der Waals surface area contributed by atoms with E-state index < -0.39 is 0 Å². The number of nitrogens with zero attached hydrogens (tertiary/aromatic N) is 4. The molecule has 2 aromatic rings. The number of imidazole rings is 1. The van der Waals surface area contributed by atoms with Crippen molar-refractivity contribution in [2.45, 2.75) is 13.8 Å². The van der Waals surface area contributed by atoms with Crippen molar-refractivity contribution < 1.29 is 0 Å². The highest BCUT2D eigenvalue weighted by Gasteiger charge is 2.04. The zero-order valence-corrected chi connectivity index (χ0v) is 7.37. The third kappa shape index (κ3) is 0.879. The van der Waals surface area contributed by atoms with Crippen molar-refractivity contribution >= 4 is 11.2 Å². The molecule has 0 spiro atoms. The fraction of sp³-hybridized carbons (Fsp3) is 0.375. The van der Waals surface area contributed by atoms with Gasteiger partial charge in [0.05, 0.1) is 5.69 Å². The topological polar surface area (TPSA) is 43.6 Å². The summed E-state index contributed by atoms with van der Waals surface area (Å²) < 4.78 is 1.93. The Hall–Kier alpha value is -1.45. The Morgan fingerprint density at radius 3 is 2.75 bits per heavy atom. The molecule has 0 bridgehead atoms. The van der Waals surface area contributed by atoms with Gasteiger partial charge in [0.1, 0.15) is 11.3 Å². The Morgan fingerprint density at radius 2 is 2.00 bits per heavy atom. The minimum absolute atomic E-state index is 0.845. The van der Waals surface area contributed by atoms with Crippen LogP contribution in [0.1, 0.15) is 11.5 Å². The summed E-state index contributed by atoms with van der Waals surface area (Å²) in [6.45, 7) is 3.87. The summed E-state index contributed by atoms with van der Waals surface area (Å²) in [7, 11) is 1.94. The Labute approximate surface area is 70.3 Å². The van der Waals surface area contributed by atoms with Crippen LogP contribution in [0.15, 0.2) is 6.07 Å². The Bertz CT molecular complexity index is 430. The van der Waals surface area contributed by atoms with E-state index in [0.29, 0.717) is 0 Å². The lowest BCUT2D eigenvalue weighted by Crippen LogP contribution is -1.94. The molecule has 2 aromatic heterocycles. The minimum Gasteiger partial charge on any atom is -0.315 e. The molecule has 0 amide bonds. The normalized spacial score (nSPS) is 10.9. The first-order valence-electron chi connectivity index (χ1n) is 3.82. The predicted molar refractivity (Wildman–Crippen MR) is 45.8 cm³/mol. The molecule has 0 saturated heterocycles. The number of hydrogen-bond acceptors (Lipinski definition) is 3. The van der Waals surface area contributed by atoms with E-state index >= 15 is 0 Å². The van der Waals surface area contributed by atoms with E-state index in [1.54, 1.807) is 0 Å². The quantitative estimate of drug-likeness (QED) is 0.580. The van der Waals surface area contributed by atoms with Crippen LogP contribution >= 0.6 is 0 Å². The molecule has 0 unspecified atom stereocenters. The average molecular weight is 162 g/mol. The van der Waals surface area contributed by atoms with E-state index in [0.717, 1.165) is 22.7 Å². The lowest BCUT2D eigenvalue weighted by atomic mass is 10.4. The predicted octanol–water partition coefficient (Wildman–Crippen LogP) is 0.980. The molecule has 62 valence electrons. The Balaban J connectivity index is 2.87. The molecule has 0 saturated carbocycles. The van der Waals surface area contributed by atoms with Gasteiger partial charge in [-0.3, -0.25) is 0 Å². The van der Waals surface area contributed by atoms with Gasteiger partial charge in [-0.15, -0.1) is 5.10 Å². The van der Waals surface area contributed by atoms with Crippen LogP contribution in [0.5, 0.6) is 0 Å². The third-order valence-corrected chi connectivity index (χ3v) is 1.96. The molecule has 0 aliphatic carbocycles. The Kier molecular flexibility index (Phi) is 1.36. The fourth-order valence-electron chi connectivity index (χ4n) is 1.19. The van der Waals surface area contributed by atoms with Crippen molar-refractivity contribution in [1.29, 1.82) is 0 Å². The van der Waals surface area contributed by atoms with Gasteiger partial charge in [-0.2, -0.15) is 5.10 Å². The van der Waals surface area contributed by atoms with Gasteiger partial charge in [0.25, 0.3) is 0 Å². The molecular formula is C8H10N4. The number of aryl methyl sites for hydroxylation is 3. The van der Waals surface area contributed by atoms with Crippen molar-refractivity contribution in [3.63, 3.8) is 0 Å². The van der Waals surface area contributed by atoms with Gasteiger partial charge in [-0.25, -0.2) is 4.98 Å². The maximum Gasteiger partial charge on any atom is 0.182 e. The standard InChI is InChI=1S/C8H10N4/c1-5-4-7-8(11-10-5)12(3)6(2)9-7/h4H,1-3H3. The van der Waals surface area contributed by atoms with Crippen LogP contribution < -0.4 is 0 Å². The van der Waals surface area contributed by atoms with Crippen LogP contribution in [0.3, 0.4) is 0 Å². The van der Waals surface area contributed by atoms with E-state index in [2.05, 4.69) is 15.2 Å². The molecule has 0 N–H and O–H groups in total. The monoisotopic (exact) mass is 162 g/mol. The zero-order chi connectivity index (χ0) is 8.72. The zero-order valence-electron chi connectivity index (χ0n) is 7.37. The van der Waals surface area contributed by atoms with Crippen molar-refractivity contribution in [1.82, 2.24) is 19.7 Å². The molecular weight excluding hydrogens is 152 g/mol. The van der Waals surface area contributed by atoms with Crippen LogP contribution in [0.4, 0.5) is 0 Å². The van der Waals surface area contributed by atoms with Crippen LogP contribution in [-0.2, 0) is 7.05 Å². The molecule has 4 heteroatoms. The summed E-state index contributed by atoms with van der Waals surface area (Å²) in [5, 5.41) is 8.02. The fourth-order valence-corrected chi connectivity index (χ4v) is 1.19. The van der Waals surface area contributed by atoms with E-state index in [-0.39, 0.29) is 0 Å². The lowest BCUT2D eigenvalue weighted by molar-refractivity contribution is 0.856. The molecule has 0 aliphatic heterocycles. The van der Waals surface area contributed by atoms with Gasteiger partial charge in [0.15, 0.2) is 5.65 Å². The molecule has 0 fully saturated rings. The van der Waals surface area contributed by atoms with Crippen LogP contribution in [0.2, 0.25) is 0 Å². The molecule has 2 rings (SSSR count). The molecule has 4 nitrogen and oxygen atoms in total. The largest absolute Gasteiger partial charge is 0.315 e. The number of aromatic nitrogens is 4. The molecule has 2 heterocycles. The second-order valence-electron chi connectivity index (χ2n) is 2.91. The number of hydrogen-bond donors (Lipinski definition) is 0. The minimum atomic E-state index is 0.845. The van der Waals surface area contributed by atoms with Gasteiger partial charge >= 0.3 is 0 Å². The molecule has 12 heavy (non-hydrogen) atoms. The summed E-state index contributed by atoms with van der Waals surface area (Å²) in [6, 6.07) is 1.94. The smallest absolute Gasteiger partial charge is 0.182 e. The van der Waals surface area contributed by atoms with Crippen molar-refractivity contribution in [2.75, 3.05) is 0 Å². The highest BCUT2D eigenvalue weighted by molar-refractivity contribution is 5.70. The molecule has 0 aliphatic rings. The van der Waals surface area contributed by atoms with Crippen molar-refractivity contribution in [2.24, 2.45) is 7.05 Å². The molecule has 0 radical (unpaired) electrons. The first-order chi connectivity index (χ1) is 5.68. The SMILES string of the molecule is Cc1cc2nc(C)n(C)c2nn1. The van der Waals surface area contributed by atoms with Gasteiger partial charge in [-0.1, -0.05) is 0 Å². The maximum absolute atomic E-state index is 4.33. The molecule has 0 atom stereocenters. The number of rotatable bonds is 0. The van der Waals surface area contributed by atoms with E-state index in [1.165, 1.54) is 0 Å². The highest BCUT2D eigenvalue weighted by Crippen LogP contribution is 2.10. The first-order valence-corrected chi connectivity index (χ1v) is 3.82. The molecule has 0 aromatic carbocycles. The summed E-state index contributed by atoms with van der Waals surface area (Å²) in [5.74, 6) is 0.963. The summed E-state index contributed by atoms with van der Waals surface area (Å²) in [4.78, 5) is 4.33. The average Bonchev–Trinajstić information content (AvgIpc) is 2.28. The van der Waals surface area contributed by atoms with Crippen LogP contribution in [-0.4, -0.2) is 19.7 Å². The highest BCUT2D eigenvalue weighted by atomic mass is 15.2. The van der Waals surface area contributed by atoms with Crippen molar-refractivity contribution in [3.8, 4) is 0 Å². The summed E-state index contributed by atoms with van der Waals surface area (Å²) >= 11 is 0. The first kappa shape index (κ1) is 7.21. The van der Waals surface area contributed by atoms with Gasteiger partial charge in [0.2, 0.25) is 0 Å². The number of fused-ring (bicyclic) bond motifs is 1. The Morgan fingerprint density at radius 1 is 1.25 bits per heavy atom. The second-order valence-corrected chi connectivity index (χ2v) is 2.91. The van der Waals surface area contributed by atoms with Crippen LogP contribution in [0, 0.1) is 13.8 Å². The third-order valence-electron chi connectivity index (χ3n) is 1.96. The van der Waals surface area contributed by atoms with E-state index in [9.17, 15) is 0 Å². The van der Waals surface area contributed by atoms with Crippen LogP contribution in [0.25, 0.3) is 11.2 Å². The van der Waals surface area contributed by atoms with E-state index in [1.807, 2.05) is 31.5 Å². The van der Waals surface area contributed by atoms with Gasteiger partial charge < -0.3 is 4.57 Å².